The van der Waals surface area contributed by atoms with E-state index in [-0.39, 0.29) is 0 Å². The predicted molar refractivity (Wildman–Crippen MR) is 201 cm³/mol. The van der Waals surface area contributed by atoms with Crippen molar-refractivity contribution in [1.29, 1.82) is 0 Å². The summed E-state index contributed by atoms with van der Waals surface area (Å²) in [5.74, 6) is 0.722. The van der Waals surface area contributed by atoms with Crippen molar-refractivity contribution in [3.63, 3.8) is 0 Å². The first-order chi connectivity index (χ1) is 24.3. The van der Waals surface area contributed by atoms with Gasteiger partial charge in [0.15, 0.2) is 5.82 Å². The molecule has 10 aromatic rings. The number of nitrogens with zero attached hydrogens (tertiary/aromatic N) is 3. The summed E-state index contributed by atoms with van der Waals surface area (Å²) in [6.07, 6.45) is 0. The van der Waals surface area contributed by atoms with E-state index in [4.69, 9.17) is 19.4 Å². The minimum atomic E-state index is 0.722. The van der Waals surface area contributed by atoms with Crippen LogP contribution in [0.3, 0.4) is 0 Å². The van der Waals surface area contributed by atoms with Crippen LogP contribution in [0.1, 0.15) is 0 Å². The fourth-order valence-electron chi connectivity index (χ4n) is 7.11. The Kier molecular flexibility index (Phi) is 6.15. The Hall–Kier alpha value is -6.65. The maximum Gasteiger partial charge on any atom is 0.160 e. The number of hydrogen-bond donors (Lipinski definition) is 0. The Bertz CT molecular complexity index is 2870. The van der Waals surface area contributed by atoms with Gasteiger partial charge in [-0.2, -0.15) is 0 Å². The molecule has 3 heterocycles. The quantitative estimate of drug-likeness (QED) is 0.183. The molecule has 0 saturated carbocycles. The van der Waals surface area contributed by atoms with Gasteiger partial charge in [-0.25, -0.2) is 15.0 Å². The van der Waals surface area contributed by atoms with Crippen LogP contribution in [0.25, 0.3) is 99.5 Å². The van der Waals surface area contributed by atoms with E-state index in [9.17, 15) is 0 Å². The van der Waals surface area contributed by atoms with E-state index in [0.717, 1.165) is 94.2 Å². The van der Waals surface area contributed by atoms with Gasteiger partial charge in [-0.15, -0.1) is 0 Å². The van der Waals surface area contributed by atoms with Crippen LogP contribution in [0.2, 0.25) is 0 Å². The summed E-state index contributed by atoms with van der Waals surface area (Å²) < 4.78 is 6.62. The summed E-state index contributed by atoms with van der Waals surface area (Å²) in [6.45, 7) is 0. The minimum Gasteiger partial charge on any atom is -0.455 e. The first-order valence-electron chi connectivity index (χ1n) is 16.4. The monoisotopic (exact) mass is 625 g/mol. The summed E-state index contributed by atoms with van der Waals surface area (Å²) in [6, 6.07) is 56.6. The van der Waals surface area contributed by atoms with Crippen molar-refractivity contribution < 1.29 is 4.42 Å². The van der Waals surface area contributed by atoms with Gasteiger partial charge in [-0.3, -0.25) is 0 Å². The third-order valence-corrected chi connectivity index (χ3v) is 9.46. The zero-order valence-electron chi connectivity index (χ0n) is 26.3. The fraction of sp³-hybridized carbons (Fsp3) is 0. The summed E-state index contributed by atoms with van der Waals surface area (Å²) in [4.78, 5) is 15.3. The average Bonchev–Trinajstić information content (AvgIpc) is 3.57. The van der Waals surface area contributed by atoms with Crippen molar-refractivity contribution in [2.75, 3.05) is 0 Å². The van der Waals surface area contributed by atoms with Gasteiger partial charge in [0.25, 0.3) is 0 Å². The minimum absolute atomic E-state index is 0.722. The lowest BCUT2D eigenvalue weighted by Crippen LogP contribution is -1.95. The first-order valence-corrected chi connectivity index (χ1v) is 16.4. The van der Waals surface area contributed by atoms with E-state index in [1.54, 1.807) is 0 Å². The van der Waals surface area contributed by atoms with Crippen molar-refractivity contribution in [3.05, 3.63) is 164 Å². The van der Waals surface area contributed by atoms with Crippen molar-refractivity contribution in [1.82, 2.24) is 15.0 Å². The molecule has 0 N–H and O–H groups in total. The van der Waals surface area contributed by atoms with Crippen molar-refractivity contribution in [3.8, 4) is 45.0 Å². The number of benzene rings is 7. The molecule has 228 valence electrons. The highest BCUT2D eigenvalue weighted by Gasteiger charge is 2.20. The summed E-state index contributed by atoms with van der Waals surface area (Å²) in [5.41, 5.74) is 10.7. The highest BCUT2D eigenvalue weighted by atomic mass is 16.3. The number of para-hydroxylation sites is 2. The second kappa shape index (κ2) is 11.0. The molecule has 0 amide bonds. The maximum absolute atomic E-state index is 6.62. The Labute approximate surface area is 282 Å². The number of furan rings is 1. The van der Waals surface area contributed by atoms with Gasteiger partial charge in [0.05, 0.1) is 33.2 Å². The SMILES string of the molecule is c1ccc(-c2nc(-c3ccc(-c4cccc(-c5nc6ccc7ccccc7c6c6oc7ccccc7c56)c4)cc3)c3ccccc3n2)cc1. The topological polar surface area (TPSA) is 51.8 Å². The average molecular weight is 626 g/mol. The molecule has 49 heavy (non-hydrogen) atoms. The highest BCUT2D eigenvalue weighted by Crippen LogP contribution is 2.42. The van der Waals surface area contributed by atoms with Gasteiger partial charge in [-0.1, -0.05) is 140 Å². The highest BCUT2D eigenvalue weighted by molar-refractivity contribution is 6.25. The van der Waals surface area contributed by atoms with E-state index in [1.165, 1.54) is 5.39 Å². The van der Waals surface area contributed by atoms with Crippen LogP contribution in [-0.2, 0) is 0 Å². The largest absolute Gasteiger partial charge is 0.455 e. The first kappa shape index (κ1) is 27.5. The predicted octanol–water partition coefficient (Wildman–Crippen LogP) is 11.9. The van der Waals surface area contributed by atoms with Gasteiger partial charge in [-0.05, 0) is 46.2 Å². The van der Waals surface area contributed by atoms with E-state index in [2.05, 4.69) is 121 Å². The molecule has 0 aliphatic heterocycles. The maximum atomic E-state index is 6.62. The van der Waals surface area contributed by atoms with Crippen molar-refractivity contribution in [2.24, 2.45) is 0 Å². The van der Waals surface area contributed by atoms with Gasteiger partial charge in [0.2, 0.25) is 0 Å². The lowest BCUT2D eigenvalue weighted by Gasteiger charge is -2.12. The standard InChI is InChI=1S/C45H27N3O/c1-2-12-31(13-3-1)45-47-37-19-8-6-17-35(37)42(48-45)30-23-21-28(22-24-30)32-14-10-15-33(27-32)43-41-36-18-7-9-20-39(36)49-44(41)40-34-16-5-4-11-29(34)25-26-38(40)46-43/h1-27H. The normalized spacial score (nSPS) is 11.7. The number of aromatic nitrogens is 3. The number of hydrogen-bond acceptors (Lipinski definition) is 4. The number of fused-ring (bicyclic) bond motifs is 8. The van der Waals surface area contributed by atoms with E-state index in [0.29, 0.717) is 0 Å². The van der Waals surface area contributed by atoms with Crippen LogP contribution in [0, 0.1) is 0 Å². The molecule has 4 heteroatoms. The van der Waals surface area contributed by atoms with Crippen molar-refractivity contribution >= 4 is 54.5 Å². The molecule has 3 aromatic heterocycles. The molecular formula is C45H27N3O. The Morgan fingerprint density at radius 1 is 0.367 bits per heavy atom. The van der Waals surface area contributed by atoms with Crippen LogP contribution < -0.4 is 0 Å². The van der Waals surface area contributed by atoms with E-state index >= 15 is 0 Å². The fourth-order valence-corrected chi connectivity index (χ4v) is 7.11. The molecule has 0 spiro atoms. The third kappa shape index (κ3) is 4.49. The molecule has 10 rings (SSSR count). The van der Waals surface area contributed by atoms with Crippen LogP contribution in [0.4, 0.5) is 0 Å². The van der Waals surface area contributed by atoms with Crippen LogP contribution >= 0.6 is 0 Å². The second-order valence-electron chi connectivity index (χ2n) is 12.4. The van der Waals surface area contributed by atoms with Gasteiger partial charge < -0.3 is 4.42 Å². The molecule has 0 saturated heterocycles. The van der Waals surface area contributed by atoms with Crippen LogP contribution in [-0.4, -0.2) is 15.0 Å². The Balaban J connectivity index is 1.11. The molecule has 0 radical (unpaired) electrons. The molecule has 0 fully saturated rings. The molecule has 0 aliphatic rings. The zero-order valence-corrected chi connectivity index (χ0v) is 26.3. The summed E-state index contributed by atoms with van der Waals surface area (Å²) >= 11 is 0. The second-order valence-corrected chi connectivity index (χ2v) is 12.4. The molecule has 0 atom stereocenters. The molecular weight excluding hydrogens is 599 g/mol. The summed E-state index contributed by atoms with van der Waals surface area (Å²) in [7, 11) is 0. The lowest BCUT2D eigenvalue weighted by atomic mass is 9.96. The van der Waals surface area contributed by atoms with E-state index in [1.807, 2.05) is 42.5 Å². The van der Waals surface area contributed by atoms with Crippen LogP contribution in [0.5, 0.6) is 0 Å². The molecule has 0 aliphatic carbocycles. The lowest BCUT2D eigenvalue weighted by molar-refractivity contribution is 0.673. The van der Waals surface area contributed by atoms with Gasteiger partial charge in [0, 0.05) is 27.5 Å². The van der Waals surface area contributed by atoms with Gasteiger partial charge >= 0.3 is 0 Å². The summed E-state index contributed by atoms with van der Waals surface area (Å²) in [5, 5.41) is 6.50. The third-order valence-electron chi connectivity index (χ3n) is 9.46. The molecule has 7 aromatic carbocycles. The molecule has 0 bridgehead atoms. The van der Waals surface area contributed by atoms with Gasteiger partial charge in [0.1, 0.15) is 11.2 Å². The number of rotatable bonds is 4. The zero-order chi connectivity index (χ0) is 32.3. The Morgan fingerprint density at radius 2 is 1.06 bits per heavy atom. The smallest absolute Gasteiger partial charge is 0.160 e. The van der Waals surface area contributed by atoms with Crippen molar-refractivity contribution in [2.45, 2.75) is 0 Å². The molecule has 4 nitrogen and oxygen atoms in total. The van der Waals surface area contributed by atoms with E-state index < -0.39 is 0 Å². The van der Waals surface area contributed by atoms with Crippen LogP contribution in [0.15, 0.2) is 168 Å². The molecule has 0 unspecified atom stereocenters. The Morgan fingerprint density at radius 3 is 1.94 bits per heavy atom. The number of pyridine rings is 1.